The Kier molecular flexibility index (Phi) is 2.75. The van der Waals surface area contributed by atoms with E-state index < -0.39 is 0 Å². The van der Waals surface area contributed by atoms with E-state index in [2.05, 4.69) is 4.98 Å². The van der Waals surface area contributed by atoms with Gasteiger partial charge in [-0.05, 0) is 56.1 Å². The average molecular weight is 255 g/mol. The lowest BCUT2D eigenvalue weighted by atomic mass is 9.90. The lowest BCUT2D eigenvalue weighted by molar-refractivity contribution is 0.0967. The highest BCUT2D eigenvalue weighted by Gasteiger charge is 2.22. The standard InChI is InChI=1S/C15H15N2O2/c1-9-11-4-3-5-14(18)15(11)16-13-7-6-10(17(2)19)8-12(9)13/h6-8H,3-5H2,1-2H3/q-1. The summed E-state index contributed by atoms with van der Waals surface area (Å²) in [7, 11) is 1.48. The molecule has 1 aliphatic rings. The van der Waals surface area contributed by atoms with Crippen LogP contribution in [0.2, 0.25) is 0 Å². The Bertz CT molecular complexity index is 677. The zero-order valence-electron chi connectivity index (χ0n) is 11.1. The van der Waals surface area contributed by atoms with Crippen LogP contribution in [0.3, 0.4) is 0 Å². The summed E-state index contributed by atoms with van der Waals surface area (Å²) >= 11 is 0. The van der Waals surface area contributed by atoms with Crippen LogP contribution in [0.5, 0.6) is 0 Å². The van der Waals surface area contributed by atoms with Gasteiger partial charge in [0.15, 0.2) is 5.78 Å². The number of rotatable bonds is 1. The largest absolute Gasteiger partial charge is 0.758 e. The molecule has 3 rings (SSSR count). The second-order valence-corrected chi connectivity index (χ2v) is 5.04. The molecule has 0 unspecified atom stereocenters. The molecule has 98 valence electrons. The Morgan fingerprint density at radius 1 is 1.32 bits per heavy atom. The molecule has 1 aromatic heterocycles. The molecule has 0 atom stereocenters. The number of ketones is 1. The number of aryl methyl sites for hydroxylation is 1. The fraction of sp³-hybridized carbons (Fsp3) is 0.333. The van der Waals surface area contributed by atoms with Crippen molar-refractivity contribution in [3.63, 3.8) is 0 Å². The van der Waals surface area contributed by atoms with Gasteiger partial charge in [0.05, 0.1) is 5.52 Å². The maximum absolute atomic E-state index is 11.9. The summed E-state index contributed by atoms with van der Waals surface area (Å²) in [5, 5.41) is 13.2. The fourth-order valence-electron chi connectivity index (χ4n) is 2.73. The van der Waals surface area contributed by atoms with Gasteiger partial charge in [-0.2, -0.15) is 0 Å². The Balaban J connectivity index is 2.30. The van der Waals surface area contributed by atoms with Crippen LogP contribution in [0, 0.1) is 12.1 Å². The molecule has 0 aliphatic heterocycles. The molecule has 0 radical (unpaired) electrons. The number of nitrogens with zero attached hydrogens (tertiary/aromatic N) is 2. The first kappa shape index (κ1) is 12.1. The number of benzene rings is 1. The second kappa shape index (κ2) is 4.31. The van der Waals surface area contributed by atoms with Crippen molar-refractivity contribution < 1.29 is 4.79 Å². The number of anilines is 1. The van der Waals surface area contributed by atoms with E-state index in [4.69, 9.17) is 0 Å². The zero-order chi connectivity index (χ0) is 13.6. The predicted molar refractivity (Wildman–Crippen MR) is 75.5 cm³/mol. The molecule has 0 saturated heterocycles. The highest BCUT2D eigenvalue weighted by Crippen LogP contribution is 2.30. The number of hydrogen-bond acceptors (Lipinski definition) is 4. The third-order valence-corrected chi connectivity index (χ3v) is 3.81. The molecule has 0 bridgehead atoms. The van der Waals surface area contributed by atoms with Gasteiger partial charge in [0, 0.05) is 17.5 Å². The molecule has 1 aliphatic carbocycles. The van der Waals surface area contributed by atoms with E-state index in [1.165, 1.54) is 7.05 Å². The minimum Gasteiger partial charge on any atom is -0.758 e. The highest BCUT2D eigenvalue weighted by atomic mass is 16.5. The van der Waals surface area contributed by atoms with E-state index in [-0.39, 0.29) is 5.78 Å². The van der Waals surface area contributed by atoms with Gasteiger partial charge in [-0.15, -0.1) is 0 Å². The van der Waals surface area contributed by atoms with Gasteiger partial charge in [0.2, 0.25) is 0 Å². The molecule has 4 nitrogen and oxygen atoms in total. The smallest absolute Gasteiger partial charge is 0.181 e. The fourth-order valence-corrected chi connectivity index (χ4v) is 2.73. The maximum Gasteiger partial charge on any atom is 0.181 e. The molecular weight excluding hydrogens is 240 g/mol. The molecular formula is C15H15N2O2-. The third-order valence-electron chi connectivity index (χ3n) is 3.81. The topological polar surface area (TPSA) is 56.3 Å². The number of carbonyl (C=O) groups excluding carboxylic acids is 1. The van der Waals surface area contributed by atoms with Crippen LogP contribution in [0.4, 0.5) is 5.69 Å². The van der Waals surface area contributed by atoms with E-state index in [1.807, 2.05) is 19.1 Å². The van der Waals surface area contributed by atoms with Gasteiger partial charge in [-0.1, -0.05) is 0 Å². The van der Waals surface area contributed by atoms with Gasteiger partial charge >= 0.3 is 0 Å². The number of Topliss-reactive ketones (excluding diaryl/α,β-unsaturated/α-hetero) is 1. The minimum absolute atomic E-state index is 0.135. The van der Waals surface area contributed by atoms with Crippen LogP contribution in [0.1, 0.15) is 34.5 Å². The maximum atomic E-state index is 11.9. The Labute approximate surface area is 111 Å². The van der Waals surface area contributed by atoms with E-state index >= 15 is 0 Å². The summed E-state index contributed by atoms with van der Waals surface area (Å²) < 4.78 is 0. The van der Waals surface area contributed by atoms with Gasteiger partial charge in [-0.3, -0.25) is 4.79 Å². The zero-order valence-corrected chi connectivity index (χ0v) is 11.1. The highest BCUT2D eigenvalue weighted by molar-refractivity contribution is 6.00. The summed E-state index contributed by atoms with van der Waals surface area (Å²) in [6, 6.07) is 5.40. The Morgan fingerprint density at radius 3 is 2.84 bits per heavy atom. The number of aromatic nitrogens is 1. The van der Waals surface area contributed by atoms with Gasteiger partial charge in [-0.25, -0.2) is 4.98 Å². The molecule has 0 saturated carbocycles. The number of hydrogen-bond donors (Lipinski definition) is 0. The van der Waals surface area contributed by atoms with Crippen molar-refractivity contribution in [3.8, 4) is 0 Å². The summed E-state index contributed by atoms with van der Waals surface area (Å²) in [5.74, 6) is 0.135. The van der Waals surface area contributed by atoms with E-state index in [9.17, 15) is 10.0 Å². The number of hydroxylamine groups is 1. The lowest BCUT2D eigenvalue weighted by Crippen LogP contribution is -2.15. The normalized spacial score (nSPS) is 14.6. The first-order valence-corrected chi connectivity index (χ1v) is 6.45. The predicted octanol–water partition coefficient (Wildman–Crippen LogP) is 3.00. The SMILES string of the molecule is Cc1c2c(nc3ccc(N(C)[O-])cc13)C(=O)CCC2. The van der Waals surface area contributed by atoms with E-state index in [0.29, 0.717) is 17.8 Å². The molecule has 19 heavy (non-hydrogen) atoms. The van der Waals surface area contributed by atoms with Crippen molar-refractivity contribution in [2.75, 3.05) is 12.1 Å². The minimum atomic E-state index is 0.135. The van der Waals surface area contributed by atoms with Crippen molar-refractivity contribution in [1.29, 1.82) is 0 Å². The first-order valence-electron chi connectivity index (χ1n) is 6.45. The summed E-state index contributed by atoms with van der Waals surface area (Å²) in [6.45, 7) is 2.01. The quantitative estimate of drug-likeness (QED) is 0.735. The van der Waals surface area contributed by atoms with E-state index in [1.54, 1.807) is 6.07 Å². The number of carbonyl (C=O) groups is 1. The summed E-state index contributed by atoms with van der Waals surface area (Å²) in [4.78, 5) is 16.4. The molecule has 4 heteroatoms. The van der Waals surface area contributed by atoms with Crippen molar-refractivity contribution in [2.24, 2.45) is 0 Å². The van der Waals surface area contributed by atoms with Gasteiger partial charge in [0.25, 0.3) is 0 Å². The molecule has 0 N–H and O–H groups in total. The van der Waals surface area contributed by atoms with Crippen molar-refractivity contribution in [2.45, 2.75) is 26.2 Å². The van der Waals surface area contributed by atoms with Gasteiger partial charge in [0.1, 0.15) is 5.69 Å². The first-order chi connectivity index (χ1) is 9.08. The monoisotopic (exact) mass is 255 g/mol. The van der Waals surface area contributed by atoms with Crippen molar-refractivity contribution in [3.05, 3.63) is 40.2 Å². The van der Waals surface area contributed by atoms with Crippen molar-refractivity contribution >= 4 is 22.4 Å². The summed E-state index contributed by atoms with van der Waals surface area (Å²) in [6.07, 6.45) is 2.38. The Hall–Kier alpha value is -1.94. The van der Waals surface area contributed by atoms with E-state index in [0.717, 1.165) is 39.9 Å². The molecule has 1 heterocycles. The number of pyridine rings is 1. The lowest BCUT2D eigenvalue weighted by Gasteiger charge is -2.25. The van der Waals surface area contributed by atoms with Crippen molar-refractivity contribution in [1.82, 2.24) is 4.98 Å². The van der Waals surface area contributed by atoms with Crippen LogP contribution in [0.25, 0.3) is 10.9 Å². The van der Waals surface area contributed by atoms with Crippen LogP contribution in [0.15, 0.2) is 18.2 Å². The van der Waals surface area contributed by atoms with Crippen LogP contribution in [-0.2, 0) is 6.42 Å². The third kappa shape index (κ3) is 1.88. The van der Waals surface area contributed by atoms with Gasteiger partial charge < -0.3 is 10.3 Å². The van der Waals surface area contributed by atoms with Crippen LogP contribution in [-0.4, -0.2) is 17.8 Å². The Morgan fingerprint density at radius 2 is 2.11 bits per heavy atom. The second-order valence-electron chi connectivity index (χ2n) is 5.04. The molecule has 0 fully saturated rings. The molecule has 1 aromatic carbocycles. The average Bonchev–Trinajstić information content (AvgIpc) is 2.40. The van der Waals surface area contributed by atoms with Crippen LogP contribution < -0.4 is 5.06 Å². The van der Waals surface area contributed by atoms with Crippen LogP contribution >= 0.6 is 0 Å². The number of fused-ring (bicyclic) bond motifs is 2. The molecule has 0 amide bonds. The molecule has 0 spiro atoms. The summed E-state index contributed by atoms with van der Waals surface area (Å²) in [5.41, 5.74) is 4.15. The molecule has 2 aromatic rings.